The highest BCUT2D eigenvalue weighted by atomic mass is 16.2. The summed E-state index contributed by atoms with van der Waals surface area (Å²) in [6.45, 7) is 0. The predicted octanol–water partition coefficient (Wildman–Crippen LogP) is 2.34. The highest BCUT2D eigenvalue weighted by molar-refractivity contribution is 6.14. The number of hydrogen-bond acceptors (Lipinski definition) is 3. The van der Waals surface area contributed by atoms with Crippen molar-refractivity contribution in [3.05, 3.63) is 65.2 Å². The molecule has 1 aromatic rings. The fraction of sp³-hybridized carbons (Fsp3) is 0.222. The number of pyridine rings is 1. The van der Waals surface area contributed by atoms with Gasteiger partial charge in [0.25, 0.3) is 11.8 Å². The van der Waals surface area contributed by atoms with Gasteiger partial charge in [-0.15, -0.1) is 0 Å². The summed E-state index contributed by atoms with van der Waals surface area (Å²) in [5, 5.41) is 2.94. The Morgan fingerprint density at radius 2 is 2.09 bits per heavy atom. The van der Waals surface area contributed by atoms with Crippen molar-refractivity contribution in [1.82, 2.24) is 10.3 Å². The SMILES string of the molecule is O=C1NC2=CC(=NC(=O)c3ccncc3)C=CC2C2=C1CCC2. The van der Waals surface area contributed by atoms with E-state index in [1.54, 1.807) is 30.6 Å². The first kappa shape index (κ1) is 13.8. The van der Waals surface area contributed by atoms with Gasteiger partial charge in [-0.2, -0.15) is 0 Å². The third-order valence-corrected chi connectivity index (χ3v) is 4.42. The van der Waals surface area contributed by atoms with Crippen molar-refractivity contribution in [2.45, 2.75) is 19.3 Å². The molecule has 0 radical (unpaired) electrons. The Morgan fingerprint density at radius 3 is 2.91 bits per heavy atom. The fourth-order valence-electron chi connectivity index (χ4n) is 3.34. The summed E-state index contributed by atoms with van der Waals surface area (Å²) in [5.74, 6) is -0.194. The molecule has 114 valence electrons. The molecule has 1 atom stereocenters. The van der Waals surface area contributed by atoms with Crippen molar-refractivity contribution in [2.75, 3.05) is 0 Å². The quantitative estimate of drug-likeness (QED) is 0.865. The van der Waals surface area contributed by atoms with Gasteiger partial charge in [0.15, 0.2) is 0 Å². The van der Waals surface area contributed by atoms with E-state index in [2.05, 4.69) is 15.3 Å². The van der Waals surface area contributed by atoms with Crippen molar-refractivity contribution in [3.63, 3.8) is 0 Å². The van der Waals surface area contributed by atoms with Gasteiger partial charge in [0, 0.05) is 35.1 Å². The van der Waals surface area contributed by atoms with Crippen LogP contribution in [0.4, 0.5) is 0 Å². The smallest absolute Gasteiger partial charge is 0.277 e. The van der Waals surface area contributed by atoms with E-state index in [0.29, 0.717) is 11.3 Å². The molecule has 23 heavy (non-hydrogen) atoms. The molecular formula is C18H15N3O2. The standard InChI is InChI=1S/C18H15N3O2/c22-17(11-6-8-19-9-7-11)20-12-4-5-14-13-2-1-3-15(13)18(23)21-16(14)10-12/h4-10,14H,1-3H2,(H,21,23). The molecule has 0 saturated carbocycles. The molecule has 5 heteroatoms. The van der Waals surface area contributed by atoms with E-state index in [1.165, 1.54) is 5.57 Å². The first-order valence-electron chi connectivity index (χ1n) is 7.68. The van der Waals surface area contributed by atoms with Crippen LogP contribution in [0.25, 0.3) is 0 Å². The lowest BCUT2D eigenvalue weighted by Crippen LogP contribution is -2.35. The Kier molecular flexibility index (Phi) is 3.26. The Hall–Kier alpha value is -2.82. The number of aliphatic imine (C=N–C) groups is 1. The molecule has 4 rings (SSSR count). The summed E-state index contributed by atoms with van der Waals surface area (Å²) in [6, 6.07) is 3.26. The molecule has 2 aliphatic carbocycles. The van der Waals surface area contributed by atoms with E-state index in [1.807, 2.05) is 12.2 Å². The lowest BCUT2D eigenvalue weighted by Gasteiger charge is -2.28. The highest BCUT2D eigenvalue weighted by Gasteiger charge is 2.34. The van der Waals surface area contributed by atoms with E-state index < -0.39 is 0 Å². The van der Waals surface area contributed by atoms with Crippen LogP contribution in [0.15, 0.2) is 64.6 Å². The van der Waals surface area contributed by atoms with Gasteiger partial charge >= 0.3 is 0 Å². The number of aromatic nitrogens is 1. The number of carbonyl (C=O) groups is 2. The van der Waals surface area contributed by atoms with Gasteiger partial charge in [-0.1, -0.05) is 6.08 Å². The third kappa shape index (κ3) is 2.44. The molecular weight excluding hydrogens is 290 g/mol. The first-order valence-corrected chi connectivity index (χ1v) is 7.68. The van der Waals surface area contributed by atoms with Gasteiger partial charge in [0.05, 0.1) is 5.71 Å². The number of amides is 2. The summed E-state index contributed by atoms with van der Waals surface area (Å²) >= 11 is 0. The minimum absolute atomic E-state index is 0.00453. The van der Waals surface area contributed by atoms with Crippen LogP contribution in [0.3, 0.4) is 0 Å². The number of hydrogen-bond donors (Lipinski definition) is 1. The molecule has 0 aromatic carbocycles. The Morgan fingerprint density at radius 1 is 1.26 bits per heavy atom. The normalized spacial score (nSPS) is 24.2. The van der Waals surface area contributed by atoms with E-state index >= 15 is 0 Å². The van der Waals surface area contributed by atoms with Crippen LogP contribution in [0.1, 0.15) is 29.6 Å². The molecule has 2 heterocycles. The third-order valence-electron chi connectivity index (χ3n) is 4.42. The fourth-order valence-corrected chi connectivity index (χ4v) is 3.34. The van der Waals surface area contributed by atoms with Crippen molar-refractivity contribution in [2.24, 2.45) is 10.9 Å². The molecule has 1 aromatic heterocycles. The van der Waals surface area contributed by atoms with Gasteiger partial charge in [0.1, 0.15) is 0 Å². The number of carbonyl (C=O) groups excluding carboxylic acids is 2. The van der Waals surface area contributed by atoms with Crippen LogP contribution in [0.2, 0.25) is 0 Å². The monoisotopic (exact) mass is 305 g/mol. The molecule has 5 nitrogen and oxygen atoms in total. The van der Waals surface area contributed by atoms with Crippen molar-refractivity contribution >= 4 is 17.5 Å². The van der Waals surface area contributed by atoms with E-state index in [9.17, 15) is 9.59 Å². The second kappa shape index (κ2) is 5.43. The molecule has 0 bridgehead atoms. The molecule has 2 amide bonds. The summed E-state index contributed by atoms with van der Waals surface area (Å²) in [5.41, 5.74) is 4.02. The maximum absolute atomic E-state index is 12.1. The average molecular weight is 305 g/mol. The van der Waals surface area contributed by atoms with Crippen LogP contribution in [0.5, 0.6) is 0 Å². The zero-order valence-electron chi connectivity index (χ0n) is 12.5. The largest absolute Gasteiger partial charge is 0.325 e. The second-order valence-corrected chi connectivity index (χ2v) is 5.83. The van der Waals surface area contributed by atoms with Crippen LogP contribution >= 0.6 is 0 Å². The molecule has 0 spiro atoms. The topological polar surface area (TPSA) is 71.4 Å². The maximum Gasteiger partial charge on any atom is 0.277 e. The Labute approximate surface area is 133 Å². The van der Waals surface area contributed by atoms with Gasteiger partial charge in [0.2, 0.25) is 0 Å². The maximum atomic E-state index is 12.1. The Bertz CT molecular complexity index is 816. The van der Waals surface area contributed by atoms with Crippen LogP contribution in [-0.2, 0) is 4.79 Å². The number of rotatable bonds is 1. The second-order valence-electron chi connectivity index (χ2n) is 5.83. The van der Waals surface area contributed by atoms with Crippen LogP contribution in [0, 0.1) is 5.92 Å². The van der Waals surface area contributed by atoms with Crippen LogP contribution in [-0.4, -0.2) is 22.5 Å². The molecule has 1 unspecified atom stereocenters. The molecule has 1 aliphatic heterocycles. The summed E-state index contributed by atoms with van der Waals surface area (Å²) < 4.78 is 0. The lowest BCUT2D eigenvalue weighted by molar-refractivity contribution is -0.117. The average Bonchev–Trinajstić information content (AvgIpc) is 3.06. The van der Waals surface area contributed by atoms with Crippen molar-refractivity contribution < 1.29 is 9.59 Å². The number of nitrogens with one attached hydrogen (secondary N) is 1. The molecule has 0 fully saturated rings. The molecule has 3 aliphatic rings. The predicted molar refractivity (Wildman–Crippen MR) is 85.7 cm³/mol. The highest BCUT2D eigenvalue weighted by Crippen LogP contribution is 2.39. The Balaban J connectivity index is 1.63. The van der Waals surface area contributed by atoms with Gasteiger partial charge < -0.3 is 5.32 Å². The van der Waals surface area contributed by atoms with Gasteiger partial charge in [-0.05, 0) is 49.1 Å². The van der Waals surface area contributed by atoms with Gasteiger partial charge in [-0.3, -0.25) is 14.6 Å². The summed E-state index contributed by atoms with van der Waals surface area (Å²) in [6.07, 6.45) is 11.7. The van der Waals surface area contributed by atoms with E-state index in [-0.39, 0.29) is 17.7 Å². The number of nitrogens with zero attached hydrogens (tertiary/aromatic N) is 2. The van der Waals surface area contributed by atoms with Crippen molar-refractivity contribution in [1.29, 1.82) is 0 Å². The molecule has 0 saturated heterocycles. The summed E-state index contributed by atoms with van der Waals surface area (Å²) in [4.78, 5) is 32.3. The van der Waals surface area contributed by atoms with E-state index in [4.69, 9.17) is 0 Å². The van der Waals surface area contributed by atoms with Gasteiger partial charge in [-0.25, -0.2) is 4.99 Å². The number of fused-ring (bicyclic) bond motifs is 2. The lowest BCUT2D eigenvalue weighted by atomic mass is 9.85. The zero-order chi connectivity index (χ0) is 15.8. The number of allylic oxidation sites excluding steroid dienone is 3. The first-order chi connectivity index (χ1) is 11.2. The van der Waals surface area contributed by atoms with Crippen molar-refractivity contribution in [3.8, 4) is 0 Å². The minimum atomic E-state index is -0.315. The minimum Gasteiger partial charge on any atom is -0.325 e. The van der Waals surface area contributed by atoms with Crippen LogP contribution < -0.4 is 5.32 Å². The zero-order valence-corrected chi connectivity index (χ0v) is 12.5. The van der Waals surface area contributed by atoms with E-state index in [0.717, 1.165) is 30.5 Å². The summed E-state index contributed by atoms with van der Waals surface area (Å²) in [7, 11) is 0. The molecule has 1 N–H and O–H groups in total.